The van der Waals surface area contributed by atoms with Crippen LogP contribution in [0.1, 0.15) is 15.9 Å². The number of alkyl halides is 1. The summed E-state index contributed by atoms with van der Waals surface area (Å²) in [5, 5.41) is 3.46. The van der Waals surface area contributed by atoms with Gasteiger partial charge >= 0.3 is 0 Å². The summed E-state index contributed by atoms with van der Waals surface area (Å²) in [5.41, 5.74) is 1.71. The maximum atomic E-state index is 13.7. The monoisotopic (exact) mass is 355 g/mol. The van der Waals surface area contributed by atoms with E-state index < -0.39 is 11.7 Å². The number of benzene rings is 2. The van der Waals surface area contributed by atoms with Gasteiger partial charge in [0.2, 0.25) is 0 Å². The molecule has 0 radical (unpaired) electrons. The number of amides is 1. The average molecular weight is 357 g/mol. The first-order valence-corrected chi connectivity index (χ1v) is 7.52. The van der Waals surface area contributed by atoms with Crippen molar-refractivity contribution in [2.24, 2.45) is 0 Å². The Bertz CT molecular complexity index is 616. The molecule has 0 saturated carbocycles. The van der Waals surface area contributed by atoms with Crippen LogP contribution < -0.4 is 5.32 Å². The van der Waals surface area contributed by atoms with Gasteiger partial charge in [0, 0.05) is 11.0 Å². The number of carbonyl (C=O) groups excluding carboxylic acids is 1. The first-order chi connectivity index (χ1) is 9.61. The molecular formula is C15H12BrClFNO. The zero-order valence-corrected chi connectivity index (χ0v) is 12.8. The van der Waals surface area contributed by atoms with E-state index in [4.69, 9.17) is 11.6 Å². The van der Waals surface area contributed by atoms with E-state index in [-0.39, 0.29) is 10.6 Å². The zero-order valence-electron chi connectivity index (χ0n) is 10.5. The van der Waals surface area contributed by atoms with Crippen LogP contribution in [0, 0.1) is 5.82 Å². The van der Waals surface area contributed by atoms with Gasteiger partial charge in [-0.05, 0) is 36.2 Å². The Morgan fingerprint density at radius 3 is 2.55 bits per heavy atom. The third-order valence-corrected chi connectivity index (χ3v) is 3.48. The molecular weight excluding hydrogens is 345 g/mol. The molecule has 0 heterocycles. The standard InChI is InChI=1S/C15H12BrClFNO/c16-9-8-10-4-6-11(7-5-10)19-15(20)12-2-1-3-13(17)14(12)18/h1-7H,8-9H2,(H,19,20). The molecule has 0 bridgehead atoms. The fourth-order valence-electron chi connectivity index (χ4n) is 1.74. The molecule has 0 aliphatic carbocycles. The molecule has 1 N–H and O–H groups in total. The SMILES string of the molecule is O=C(Nc1ccc(CCBr)cc1)c1cccc(Cl)c1F. The van der Waals surface area contributed by atoms with Gasteiger partial charge in [0.25, 0.3) is 5.91 Å². The molecule has 20 heavy (non-hydrogen) atoms. The molecule has 0 atom stereocenters. The van der Waals surface area contributed by atoms with Gasteiger partial charge in [0.1, 0.15) is 0 Å². The number of carbonyl (C=O) groups is 1. The summed E-state index contributed by atoms with van der Waals surface area (Å²) in [6, 6.07) is 11.8. The van der Waals surface area contributed by atoms with Crippen molar-refractivity contribution in [3.63, 3.8) is 0 Å². The number of aryl methyl sites for hydroxylation is 1. The highest BCUT2D eigenvalue weighted by atomic mass is 79.9. The predicted octanol–water partition coefficient (Wildman–Crippen LogP) is 4.67. The molecule has 5 heteroatoms. The molecule has 0 aromatic heterocycles. The normalized spacial score (nSPS) is 10.3. The second-order valence-corrected chi connectivity index (χ2v) is 5.39. The first-order valence-electron chi connectivity index (χ1n) is 6.02. The maximum Gasteiger partial charge on any atom is 0.258 e. The highest BCUT2D eigenvalue weighted by Crippen LogP contribution is 2.19. The highest BCUT2D eigenvalue weighted by Gasteiger charge is 2.14. The van der Waals surface area contributed by atoms with Crippen LogP contribution in [-0.4, -0.2) is 11.2 Å². The van der Waals surface area contributed by atoms with E-state index in [0.29, 0.717) is 5.69 Å². The summed E-state index contributed by atoms with van der Waals surface area (Å²) in [7, 11) is 0. The lowest BCUT2D eigenvalue weighted by Gasteiger charge is -2.07. The van der Waals surface area contributed by atoms with E-state index in [2.05, 4.69) is 21.2 Å². The van der Waals surface area contributed by atoms with Crippen LogP contribution in [0.15, 0.2) is 42.5 Å². The summed E-state index contributed by atoms with van der Waals surface area (Å²) in [6.07, 6.45) is 0.914. The van der Waals surface area contributed by atoms with Crippen molar-refractivity contribution in [3.8, 4) is 0 Å². The number of halogens is 3. The number of hydrogen-bond acceptors (Lipinski definition) is 1. The number of anilines is 1. The quantitative estimate of drug-likeness (QED) is 0.793. The topological polar surface area (TPSA) is 29.1 Å². The smallest absolute Gasteiger partial charge is 0.258 e. The van der Waals surface area contributed by atoms with E-state index in [1.807, 2.05) is 12.1 Å². The van der Waals surface area contributed by atoms with Crippen LogP contribution in [-0.2, 0) is 6.42 Å². The van der Waals surface area contributed by atoms with Gasteiger partial charge in [-0.2, -0.15) is 0 Å². The Morgan fingerprint density at radius 1 is 1.20 bits per heavy atom. The minimum Gasteiger partial charge on any atom is -0.322 e. The molecule has 2 rings (SSSR count). The molecule has 0 aliphatic rings. The summed E-state index contributed by atoms with van der Waals surface area (Å²) < 4.78 is 13.7. The fourth-order valence-corrected chi connectivity index (χ4v) is 2.37. The molecule has 0 spiro atoms. The first kappa shape index (κ1) is 15.0. The predicted molar refractivity (Wildman–Crippen MR) is 83.3 cm³/mol. The van der Waals surface area contributed by atoms with Crippen molar-refractivity contribution in [3.05, 3.63) is 64.4 Å². The number of nitrogens with one attached hydrogen (secondary N) is 1. The van der Waals surface area contributed by atoms with Gasteiger partial charge in [-0.1, -0.05) is 45.7 Å². The minimum absolute atomic E-state index is 0.0645. The molecule has 104 valence electrons. The molecule has 2 aromatic rings. The minimum atomic E-state index is -0.706. The fraction of sp³-hybridized carbons (Fsp3) is 0.133. The van der Waals surface area contributed by atoms with Crippen LogP contribution in [0.4, 0.5) is 10.1 Å². The summed E-state index contributed by atoms with van der Waals surface area (Å²) >= 11 is 9.02. The third kappa shape index (κ3) is 3.58. The third-order valence-electron chi connectivity index (χ3n) is 2.79. The van der Waals surface area contributed by atoms with Gasteiger partial charge < -0.3 is 5.32 Å². The van der Waals surface area contributed by atoms with E-state index in [1.165, 1.54) is 12.1 Å². The molecule has 0 fully saturated rings. The van der Waals surface area contributed by atoms with Gasteiger partial charge in [0.15, 0.2) is 5.82 Å². The molecule has 1 amide bonds. The van der Waals surface area contributed by atoms with Crippen LogP contribution in [0.5, 0.6) is 0 Å². The van der Waals surface area contributed by atoms with Gasteiger partial charge in [-0.15, -0.1) is 0 Å². The van der Waals surface area contributed by atoms with Crippen molar-refractivity contribution in [2.45, 2.75) is 6.42 Å². The number of rotatable bonds is 4. The zero-order chi connectivity index (χ0) is 14.5. The maximum absolute atomic E-state index is 13.7. The van der Waals surface area contributed by atoms with Crippen molar-refractivity contribution < 1.29 is 9.18 Å². The Morgan fingerprint density at radius 2 is 1.90 bits per heavy atom. The van der Waals surface area contributed by atoms with Crippen molar-refractivity contribution >= 4 is 39.1 Å². The largest absolute Gasteiger partial charge is 0.322 e. The van der Waals surface area contributed by atoms with Crippen LogP contribution >= 0.6 is 27.5 Å². The lowest BCUT2D eigenvalue weighted by atomic mass is 10.1. The summed E-state index contributed by atoms with van der Waals surface area (Å²) in [5.74, 6) is -1.22. The van der Waals surface area contributed by atoms with Crippen LogP contribution in [0.3, 0.4) is 0 Å². The van der Waals surface area contributed by atoms with E-state index in [9.17, 15) is 9.18 Å². The summed E-state index contributed by atoms with van der Waals surface area (Å²) in [6.45, 7) is 0. The number of hydrogen-bond donors (Lipinski definition) is 1. The average Bonchev–Trinajstić information content (AvgIpc) is 2.44. The van der Waals surface area contributed by atoms with Gasteiger partial charge in [-0.25, -0.2) is 4.39 Å². The molecule has 2 nitrogen and oxygen atoms in total. The Kier molecular flexibility index (Phi) is 5.15. The van der Waals surface area contributed by atoms with Gasteiger partial charge in [0.05, 0.1) is 10.6 Å². The van der Waals surface area contributed by atoms with Crippen molar-refractivity contribution in [2.75, 3.05) is 10.6 Å². The lowest BCUT2D eigenvalue weighted by Crippen LogP contribution is -2.13. The molecule has 0 saturated heterocycles. The van der Waals surface area contributed by atoms with Crippen LogP contribution in [0.2, 0.25) is 5.02 Å². The van der Waals surface area contributed by atoms with Gasteiger partial charge in [-0.3, -0.25) is 4.79 Å². The van der Waals surface area contributed by atoms with E-state index in [0.717, 1.165) is 17.3 Å². The highest BCUT2D eigenvalue weighted by molar-refractivity contribution is 9.09. The Labute approximate surface area is 130 Å². The van der Waals surface area contributed by atoms with E-state index >= 15 is 0 Å². The van der Waals surface area contributed by atoms with E-state index in [1.54, 1.807) is 18.2 Å². The molecule has 0 aliphatic heterocycles. The van der Waals surface area contributed by atoms with Crippen LogP contribution in [0.25, 0.3) is 0 Å². The molecule has 0 unspecified atom stereocenters. The Hall–Kier alpha value is -1.39. The molecule has 2 aromatic carbocycles. The summed E-state index contributed by atoms with van der Waals surface area (Å²) in [4.78, 5) is 12.0. The Balaban J connectivity index is 2.13. The lowest BCUT2D eigenvalue weighted by molar-refractivity contribution is 0.102. The second kappa shape index (κ2) is 6.86. The van der Waals surface area contributed by atoms with Crippen molar-refractivity contribution in [1.29, 1.82) is 0 Å². The van der Waals surface area contributed by atoms with Crippen molar-refractivity contribution in [1.82, 2.24) is 0 Å². The second-order valence-electron chi connectivity index (χ2n) is 4.19.